The summed E-state index contributed by atoms with van der Waals surface area (Å²) in [6.45, 7) is 6.97. The number of amides is 2. The van der Waals surface area contributed by atoms with Crippen molar-refractivity contribution < 1.29 is 57.2 Å². The highest BCUT2D eigenvalue weighted by molar-refractivity contribution is 7.99. The first-order valence-corrected chi connectivity index (χ1v) is 18.6. The van der Waals surface area contributed by atoms with Gasteiger partial charge in [0.05, 0.1) is 17.8 Å². The lowest BCUT2D eigenvalue weighted by atomic mass is 10.0. The maximum Gasteiger partial charge on any atom is 0.416 e. The molecule has 1 aliphatic heterocycles. The molecule has 3 atom stereocenters. The van der Waals surface area contributed by atoms with Crippen LogP contribution in [0.1, 0.15) is 43.9 Å². The van der Waals surface area contributed by atoms with Gasteiger partial charge in [0, 0.05) is 48.9 Å². The van der Waals surface area contributed by atoms with Crippen molar-refractivity contribution in [2.24, 2.45) is 0 Å². The molecular formula is C38H43F4N5O8S. The van der Waals surface area contributed by atoms with E-state index in [2.05, 4.69) is 9.88 Å². The van der Waals surface area contributed by atoms with Crippen LogP contribution in [0.25, 0.3) is 11.3 Å². The number of benzene rings is 2. The molecule has 4 rings (SSSR count). The number of pyridine rings is 1. The van der Waals surface area contributed by atoms with Crippen molar-refractivity contribution >= 4 is 35.5 Å². The first-order chi connectivity index (χ1) is 26.4. The highest BCUT2D eigenvalue weighted by Gasteiger charge is 2.59. The number of hydrogen-bond donors (Lipinski definition) is 4. The zero-order valence-electron chi connectivity index (χ0n) is 30.8. The first-order valence-electron chi connectivity index (χ1n) is 17.6. The Hall–Kier alpha value is -5.04. The summed E-state index contributed by atoms with van der Waals surface area (Å²) < 4.78 is 52.9. The molecule has 3 unspecified atom stereocenters. The van der Waals surface area contributed by atoms with Gasteiger partial charge in [-0.1, -0.05) is 51.1 Å². The average Bonchev–Trinajstić information content (AvgIpc) is 3.17. The Labute approximate surface area is 324 Å². The average molecular weight is 806 g/mol. The van der Waals surface area contributed by atoms with Gasteiger partial charge >= 0.3 is 18.1 Å². The predicted molar refractivity (Wildman–Crippen MR) is 198 cm³/mol. The molecule has 56 heavy (non-hydrogen) atoms. The number of nitrogens with zero attached hydrogens (tertiary/aromatic N) is 5. The van der Waals surface area contributed by atoms with Gasteiger partial charge in [-0.15, -0.1) is 11.8 Å². The molecule has 2 heterocycles. The zero-order valence-corrected chi connectivity index (χ0v) is 31.6. The predicted octanol–water partition coefficient (Wildman–Crippen LogP) is 4.45. The molecule has 0 bridgehead atoms. The third kappa shape index (κ3) is 10.2. The lowest BCUT2D eigenvalue weighted by molar-refractivity contribution is -0.222. The summed E-state index contributed by atoms with van der Waals surface area (Å²) in [5.41, 5.74) is -4.24. The van der Waals surface area contributed by atoms with Crippen LogP contribution in [-0.4, -0.2) is 119 Å². The number of carbonyl (C=O) groups excluding carboxylic acids is 2. The summed E-state index contributed by atoms with van der Waals surface area (Å²) in [6, 6.07) is 13.0. The molecule has 3 aromatic rings. The van der Waals surface area contributed by atoms with Crippen molar-refractivity contribution in [1.82, 2.24) is 24.6 Å². The number of thioether (sulfide) groups is 1. The van der Waals surface area contributed by atoms with Gasteiger partial charge < -0.3 is 35.1 Å². The van der Waals surface area contributed by atoms with E-state index in [0.717, 1.165) is 23.9 Å². The molecule has 2 aromatic carbocycles. The van der Waals surface area contributed by atoms with E-state index in [-0.39, 0.29) is 30.8 Å². The molecule has 0 radical (unpaired) electrons. The van der Waals surface area contributed by atoms with E-state index in [4.69, 9.17) is 0 Å². The Morgan fingerprint density at radius 2 is 1.55 bits per heavy atom. The minimum Gasteiger partial charge on any atom is -0.479 e. The Morgan fingerprint density at radius 3 is 2.07 bits per heavy atom. The molecule has 18 heteroatoms. The number of halogens is 4. The van der Waals surface area contributed by atoms with Crippen LogP contribution in [0.3, 0.4) is 0 Å². The second-order valence-electron chi connectivity index (χ2n) is 12.9. The molecule has 0 spiro atoms. The number of carbonyl (C=O) groups is 4. The number of aliphatic hydroxyl groups is 2. The normalized spacial score (nSPS) is 16.4. The molecule has 0 saturated heterocycles. The van der Waals surface area contributed by atoms with Crippen molar-refractivity contribution in [1.29, 1.82) is 0 Å². The van der Waals surface area contributed by atoms with Gasteiger partial charge in [0.1, 0.15) is 5.82 Å². The number of aliphatic carboxylic acids is 2. The Kier molecular flexibility index (Phi) is 14.6. The SMILES string of the molecule is CCC1=CN(CC(=O)N(CCN(CC)CC)Cc2ccc(-c3ccc(C(F)(F)F)cc3)nc2)C(SCc2ccc(F)cc2)N(C(O)(C(=O)O)C(O)C(=O)O)C1=O. The molecular weight excluding hydrogens is 763 g/mol. The molecule has 1 aliphatic rings. The van der Waals surface area contributed by atoms with Gasteiger partial charge in [0.25, 0.3) is 11.6 Å². The van der Waals surface area contributed by atoms with Gasteiger partial charge in [0.15, 0.2) is 5.50 Å². The summed E-state index contributed by atoms with van der Waals surface area (Å²) in [5.74, 6) is -6.53. The summed E-state index contributed by atoms with van der Waals surface area (Å²) in [7, 11) is 0. The smallest absolute Gasteiger partial charge is 0.416 e. The lowest BCUT2D eigenvalue weighted by Crippen LogP contribution is -2.71. The minimum atomic E-state index is -4.49. The van der Waals surface area contributed by atoms with Crippen LogP contribution >= 0.6 is 11.8 Å². The Bertz CT molecular complexity index is 1880. The number of carboxylic acid groups (broad SMARTS) is 2. The van der Waals surface area contributed by atoms with Gasteiger partial charge in [-0.3, -0.25) is 19.5 Å². The number of rotatable bonds is 18. The van der Waals surface area contributed by atoms with E-state index in [1.54, 1.807) is 19.1 Å². The fourth-order valence-electron chi connectivity index (χ4n) is 5.95. The molecule has 0 aliphatic carbocycles. The van der Waals surface area contributed by atoms with Crippen molar-refractivity contribution in [2.45, 2.75) is 63.0 Å². The first kappa shape index (κ1) is 43.7. The van der Waals surface area contributed by atoms with Gasteiger partial charge in [0.2, 0.25) is 12.0 Å². The van der Waals surface area contributed by atoms with Crippen molar-refractivity contribution in [3.63, 3.8) is 0 Å². The van der Waals surface area contributed by atoms with Crippen LogP contribution in [0, 0.1) is 5.82 Å². The maximum absolute atomic E-state index is 14.3. The fraction of sp³-hybridized carbons (Fsp3) is 0.395. The number of aliphatic hydroxyl groups excluding tert-OH is 1. The maximum atomic E-state index is 14.3. The van der Waals surface area contributed by atoms with Gasteiger partial charge in [-0.2, -0.15) is 13.2 Å². The van der Waals surface area contributed by atoms with Crippen LogP contribution in [0.2, 0.25) is 0 Å². The number of likely N-dealkylation sites (N-methyl/N-ethyl adjacent to an activating group) is 1. The van der Waals surface area contributed by atoms with E-state index < -0.39 is 65.2 Å². The molecule has 2 amide bonds. The van der Waals surface area contributed by atoms with E-state index in [9.17, 15) is 57.2 Å². The third-order valence-corrected chi connectivity index (χ3v) is 10.5. The topological polar surface area (TPSA) is 175 Å². The summed E-state index contributed by atoms with van der Waals surface area (Å²) in [5, 5.41) is 41.8. The second kappa shape index (κ2) is 18.7. The highest BCUT2D eigenvalue weighted by atomic mass is 32.2. The molecule has 13 nitrogen and oxygen atoms in total. The zero-order chi connectivity index (χ0) is 41.4. The second-order valence-corrected chi connectivity index (χ2v) is 13.9. The van der Waals surface area contributed by atoms with Crippen molar-refractivity contribution in [2.75, 3.05) is 32.7 Å². The van der Waals surface area contributed by atoms with Crippen molar-refractivity contribution in [3.05, 3.63) is 101 Å². The van der Waals surface area contributed by atoms with Crippen LogP contribution in [0.5, 0.6) is 0 Å². The summed E-state index contributed by atoms with van der Waals surface area (Å²) in [6.07, 6.45) is -4.71. The Morgan fingerprint density at radius 1 is 0.929 bits per heavy atom. The molecule has 302 valence electrons. The van der Waals surface area contributed by atoms with E-state index in [0.29, 0.717) is 46.9 Å². The van der Waals surface area contributed by atoms with Gasteiger partial charge in [-0.25, -0.2) is 14.0 Å². The molecule has 0 fully saturated rings. The largest absolute Gasteiger partial charge is 0.479 e. The van der Waals surface area contributed by atoms with Crippen molar-refractivity contribution in [3.8, 4) is 11.3 Å². The summed E-state index contributed by atoms with van der Waals surface area (Å²) in [4.78, 5) is 62.3. The van der Waals surface area contributed by atoms with E-state index >= 15 is 0 Å². The summed E-state index contributed by atoms with van der Waals surface area (Å²) >= 11 is 0.832. The molecule has 1 aromatic heterocycles. The fourth-order valence-corrected chi connectivity index (χ4v) is 7.21. The monoisotopic (exact) mass is 805 g/mol. The number of carboxylic acids is 2. The number of alkyl halides is 3. The highest BCUT2D eigenvalue weighted by Crippen LogP contribution is 2.37. The molecule has 0 saturated carbocycles. The van der Waals surface area contributed by atoms with E-state index in [1.165, 1.54) is 58.6 Å². The number of aromatic nitrogens is 1. The van der Waals surface area contributed by atoms with Gasteiger partial charge in [-0.05, 0) is 61.0 Å². The lowest BCUT2D eigenvalue weighted by Gasteiger charge is -2.48. The van der Waals surface area contributed by atoms with Crippen LogP contribution in [-0.2, 0) is 37.7 Å². The van der Waals surface area contributed by atoms with Crippen LogP contribution in [0.4, 0.5) is 17.6 Å². The van der Waals surface area contributed by atoms with Crippen LogP contribution < -0.4 is 0 Å². The quantitative estimate of drug-likeness (QED) is 0.133. The van der Waals surface area contributed by atoms with Crippen LogP contribution in [0.15, 0.2) is 78.6 Å². The third-order valence-electron chi connectivity index (χ3n) is 9.27. The molecule has 4 N–H and O–H groups in total. The number of hydrogen-bond acceptors (Lipinski definition) is 10. The van der Waals surface area contributed by atoms with E-state index in [1.807, 2.05) is 13.8 Å². The standard InChI is InChI=1S/C38H43F4N5O8S/c1-4-26-21-46(36(56-23-24-7-14-29(39)15-8-24)47(33(26)50)37(55,35(53)54)32(49)34(51)52)22-31(48)45(18-17-44(5-2)6-3)20-25-9-16-30(43-19-25)27-10-12-28(13-11-27)38(40,41)42/h7-16,19,21,32,36,49,55H,4-6,17-18,20,22-23H2,1-3H3,(H,51,52)(H,53,54). The Balaban J connectivity index is 1.70. The minimum absolute atomic E-state index is 0.0193.